The molecule has 1 rings (SSSR count). The summed E-state index contributed by atoms with van der Waals surface area (Å²) in [6, 6.07) is 4.98. The highest BCUT2D eigenvalue weighted by atomic mass is 19.1. The summed E-state index contributed by atoms with van der Waals surface area (Å²) in [6.45, 7) is 5.88. The van der Waals surface area contributed by atoms with Gasteiger partial charge in [-0.25, -0.2) is 4.39 Å². The van der Waals surface area contributed by atoms with Crippen LogP contribution in [0.5, 0.6) is 0 Å². The molecule has 13 heavy (non-hydrogen) atoms. The van der Waals surface area contributed by atoms with Crippen molar-refractivity contribution < 1.29 is 4.39 Å². The molecule has 70 valence electrons. The van der Waals surface area contributed by atoms with E-state index < -0.39 is 0 Å². The van der Waals surface area contributed by atoms with Crippen LogP contribution in [0.25, 0.3) is 0 Å². The van der Waals surface area contributed by atoms with Crippen molar-refractivity contribution in [3.8, 4) is 0 Å². The summed E-state index contributed by atoms with van der Waals surface area (Å²) in [7, 11) is 0. The Hall–Kier alpha value is -1.18. The first kappa shape index (κ1) is 9.90. The second-order valence-corrected chi connectivity index (χ2v) is 3.43. The van der Waals surface area contributed by atoms with E-state index in [4.69, 9.17) is 0 Å². The van der Waals surface area contributed by atoms with Crippen LogP contribution in [-0.4, -0.2) is 6.21 Å². The maximum Gasteiger partial charge on any atom is 0.149 e. The largest absolute Gasteiger partial charge is 0.258 e. The number of hydrogen-bond acceptors (Lipinski definition) is 1. The quantitative estimate of drug-likeness (QED) is 0.616. The lowest BCUT2D eigenvalue weighted by Gasteiger charge is -2.01. The van der Waals surface area contributed by atoms with Gasteiger partial charge in [-0.1, -0.05) is 26.0 Å². The van der Waals surface area contributed by atoms with Gasteiger partial charge in [0.2, 0.25) is 0 Å². The van der Waals surface area contributed by atoms with Crippen LogP contribution >= 0.6 is 0 Å². The highest BCUT2D eigenvalue weighted by Crippen LogP contribution is 2.21. The van der Waals surface area contributed by atoms with E-state index in [1.807, 2.05) is 26.8 Å². The number of benzene rings is 1. The molecule has 1 aromatic rings. The third-order valence-electron chi connectivity index (χ3n) is 1.69. The topological polar surface area (TPSA) is 12.4 Å². The van der Waals surface area contributed by atoms with Crippen molar-refractivity contribution in [2.45, 2.75) is 20.8 Å². The fourth-order valence-corrected chi connectivity index (χ4v) is 1.01. The van der Waals surface area contributed by atoms with Crippen molar-refractivity contribution in [2.24, 2.45) is 10.9 Å². The first-order chi connectivity index (χ1) is 6.11. The van der Waals surface area contributed by atoms with Crippen molar-refractivity contribution in [1.29, 1.82) is 0 Å². The first-order valence-corrected chi connectivity index (χ1v) is 4.40. The maximum atomic E-state index is 13.2. The van der Waals surface area contributed by atoms with Gasteiger partial charge in [-0.15, -0.1) is 0 Å². The minimum absolute atomic E-state index is 0.253. The highest BCUT2D eigenvalue weighted by Gasteiger charge is 2.01. The second kappa shape index (κ2) is 4.17. The maximum absolute atomic E-state index is 13.2. The Balaban J connectivity index is 3.00. The summed E-state index contributed by atoms with van der Waals surface area (Å²) in [5.74, 6) is 0.0934. The molecule has 0 atom stereocenters. The number of aryl methyl sites for hydroxylation is 1. The van der Waals surface area contributed by atoms with Crippen LogP contribution < -0.4 is 0 Å². The number of nitrogens with zero attached hydrogens (tertiary/aromatic N) is 1. The van der Waals surface area contributed by atoms with Crippen LogP contribution in [0, 0.1) is 18.7 Å². The van der Waals surface area contributed by atoms with E-state index in [1.54, 1.807) is 12.3 Å². The summed E-state index contributed by atoms with van der Waals surface area (Å²) in [4.78, 5) is 4.10. The molecule has 0 radical (unpaired) electrons. The zero-order valence-electron chi connectivity index (χ0n) is 8.21. The molecule has 0 spiro atoms. The van der Waals surface area contributed by atoms with Gasteiger partial charge in [0.05, 0.1) is 0 Å². The number of rotatable bonds is 2. The van der Waals surface area contributed by atoms with Crippen LogP contribution in [0.15, 0.2) is 23.2 Å². The van der Waals surface area contributed by atoms with Crippen LogP contribution in [0.1, 0.15) is 19.4 Å². The molecule has 0 amide bonds. The molecule has 0 saturated carbocycles. The zero-order valence-corrected chi connectivity index (χ0v) is 8.21. The van der Waals surface area contributed by atoms with Gasteiger partial charge in [-0.05, 0) is 24.5 Å². The van der Waals surface area contributed by atoms with Gasteiger partial charge in [0.25, 0.3) is 0 Å². The van der Waals surface area contributed by atoms with Crippen molar-refractivity contribution in [3.05, 3.63) is 29.6 Å². The molecule has 0 aromatic heterocycles. The molecule has 0 fully saturated rings. The number of aliphatic imine (C=N–C) groups is 1. The minimum atomic E-state index is -0.253. The molecule has 1 nitrogen and oxygen atoms in total. The van der Waals surface area contributed by atoms with E-state index in [0.29, 0.717) is 11.6 Å². The standard InChI is InChI=1S/C11H14FN/c1-8(2)7-13-11-9(3)5-4-6-10(11)12/h4-8H,1-3H3. The Morgan fingerprint density at radius 3 is 2.62 bits per heavy atom. The number of hydrogen-bond donors (Lipinski definition) is 0. The molecule has 0 heterocycles. The van der Waals surface area contributed by atoms with Crippen LogP contribution in [-0.2, 0) is 0 Å². The Bertz CT molecular complexity index is 296. The fourth-order valence-electron chi connectivity index (χ4n) is 1.01. The Labute approximate surface area is 78.3 Å². The second-order valence-electron chi connectivity index (χ2n) is 3.43. The Kier molecular flexibility index (Phi) is 3.18. The summed E-state index contributed by atoms with van der Waals surface area (Å²) in [5, 5.41) is 0. The Morgan fingerprint density at radius 1 is 1.38 bits per heavy atom. The van der Waals surface area contributed by atoms with Crippen LogP contribution in [0.3, 0.4) is 0 Å². The van der Waals surface area contributed by atoms with Crippen LogP contribution in [0.4, 0.5) is 10.1 Å². The van der Waals surface area contributed by atoms with Crippen molar-refractivity contribution >= 4 is 11.9 Å². The smallest absolute Gasteiger partial charge is 0.149 e. The van der Waals surface area contributed by atoms with Crippen molar-refractivity contribution in [1.82, 2.24) is 0 Å². The minimum Gasteiger partial charge on any atom is -0.258 e. The molecular formula is C11H14FN. The third-order valence-corrected chi connectivity index (χ3v) is 1.69. The average Bonchev–Trinajstić information content (AvgIpc) is 2.03. The molecule has 0 unspecified atom stereocenters. The molecule has 2 heteroatoms. The SMILES string of the molecule is Cc1cccc(F)c1N=CC(C)C. The van der Waals surface area contributed by atoms with Gasteiger partial charge in [0, 0.05) is 6.21 Å². The van der Waals surface area contributed by atoms with Gasteiger partial charge in [0.15, 0.2) is 0 Å². The Morgan fingerprint density at radius 2 is 2.08 bits per heavy atom. The zero-order chi connectivity index (χ0) is 9.84. The highest BCUT2D eigenvalue weighted by molar-refractivity contribution is 5.66. The summed E-state index contributed by atoms with van der Waals surface area (Å²) in [5.41, 5.74) is 1.33. The number of para-hydroxylation sites is 1. The van der Waals surface area contributed by atoms with E-state index in [0.717, 1.165) is 5.56 Å². The summed E-state index contributed by atoms with van der Waals surface area (Å²) >= 11 is 0. The van der Waals surface area contributed by atoms with Gasteiger partial charge >= 0.3 is 0 Å². The predicted octanol–water partition coefficient (Wildman–Crippen LogP) is 3.49. The molecule has 0 aliphatic carbocycles. The third kappa shape index (κ3) is 2.65. The molecule has 0 aliphatic rings. The lowest BCUT2D eigenvalue weighted by molar-refractivity contribution is 0.628. The van der Waals surface area contributed by atoms with E-state index in [9.17, 15) is 4.39 Å². The molecule has 0 aliphatic heterocycles. The van der Waals surface area contributed by atoms with Crippen molar-refractivity contribution in [2.75, 3.05) is 0 Å². The molecule has 1 aromatic carbocycles. The molecule has 0 bridgehead atoms. The van der Waals surface area contributed by atoms with Gasteiger partial charge in [0.1, 0.15) is 11.5 Å². The first-order valence-electron chi connectivity index (χ1n) is 4.40. The lowest BCUT2D eigenvalue weighted by atomic mass is 10.2. The monoisotopic (exact) mass is 179 g/mol. The predicted molar refractivity (Wildman–Crippen MR) is 54.1 cm³/mol. The van der Waals surface area contributed by atoms with E-state index >= 15 is 0 Å². The van der Waals surface area contributed by atoms with Crippen LogP contribution in [0.2, 0.25) is 0 Å². The van der Waals surface area contributed by atoms with E-state index in [1.165, 1.54) is 6.07 Å². The molecular weight excluding hydrogens is 165 g/mol. The molecule has 0 saturated heterocycles. The van der Waals surface area contributed by atoms with Gasteiger partial charge in [-0.2, -0.15) is 0 Å². The van der Waals surface area contributed by atoms with E-state index in [2.05, 4.69) is 4.99 Å². The molecule has 0 N–H and O–H groups in total. The van der Waals surface area contributed by atoms with Gasteiger partial charge < -0.3 is 0 Å². The number of halogens is 1. The lowest BCUT2D eigenvalue weighted by Crippen LogP contribution is -1.88. The fraction of sp³-hybridized carbons (Fsp3) is 0.364. The average molecular weight is 179 g/mol. The summed E-state index contributed by atoms with van der Waals surface area (Å²) in [6.07, 6.45) is 1.76. The normalized spacial score (nSPS) is 11.5. The van der Waals surface area contributed by atoms with Crippen molar-refractivity contribution in [3.63, 3.8) is 0 Å². The van der Waals surface area contributed by atoms with E-state index in [-0.39, 0.29) is 5.82 Å². The summed E-state index contributed by atoms with van der Waals surface area (Å²) < 4.78 is 13.2. The van der Waals surface area contributed by atoms with Gasteiger partial charge in [-0.3, -0.25) is 4.99 Å².